The third-order valence-electron chi connectivity index (χ3n) is 4.69. The molecule has 142 valence electrons. The lowest BCUT2D eigenvalue weighted by Crippen LogP contribution is -2.32. The number of carbonyl (C=O) groups is 1. The van der Waals surface area contributed by atoms with E-state index in [1.165, 1.54) is 44.9 Å². The van der Waals surface area contributed by atoms with Crippen molar-refractivity contribution in [2.45, 2.75) is 76.9 Å². The summed E-state index contributed by atoms with van der Waals surface area (Å²) in [5, 5.41) is 13.0. The van der Waals surface area contributed by atoms with Gasteiger partial charge in [0.15, 0.2) is 0 Å². The fraction of sp³-hybridized carbons (Fsp3) is 0.591. The molecule has 1 saturated heterocycles. The number of hydrogen-bond acceptors (Lipinski definition) is 3. The number of cyclic esters (lactones) is 1. The molecule has 0 spiro atoms. The van der Waals surface area contributed by atoms with Crippen LogP contribution in [0.1, 0.15) is 81.9 Å². The Hall–Kier alpha value is -1.99. The van der Waals surface area contributed by atoms with Gasteiger partial charge >= 0.3 is 6.09 Å². The molecule has 0 saturated carbocycles. The molecule has 1 aliphatic heterocycles. The number of aliphatic hydroxyl groups is 1. The maximum Gasteiger partial charge on any atom is 0.407 e. The lowest BCUT2D eigenvalue weighted by atomic mass is 10.0. The maximum absolute atomic E-state index is 11.1. The van der Waals surface area contributed by atoms with Gasteiger partial charge in [0.05, 0.1) is 6.04 Å². The summed E-state index contributed by atoms with van der Waals surface area (Å²) >= 11 is 0. The summed E-state index contributed by atoms with van der Waals surface area (Å²) in [4.78, 5) is 11.1. The maximum atomic E-state index is 11.1. The predicted molar refractivity (Wildman–Crippen MR) is 104 cm³/mol. The van der Waals surface area contributed by atoms with Crippen LogP contribution < -0.4 is 5.32 Å². The zero-order valence-electron chi connectivity index (χ0n) is 15.8. The Bertz CT molecular complexity index is 617. The number of ether oxygens (including phenoxy) is 1. The van der Waals surface area contributed by atoms with Crippen LogP contribution >= 0.6 is 0 Å². The van der Waals surface area contributed by atoms with Gasteiger partial charge in [-0.25, -0.2) is 4.79 Å². The van der Waals surface area contributed by atoms with Crippen LogP contribution in [0.25, 0.3) is 0 Å². The Morgan fingerprint density at radius 2 is 1.92 bits per heavy atom. The third-order valence-corrected chi connectivity index (χ3v) is 4.69. The molecular formula is C22H31NO3. The number of rotatable bonds is 10. The molecule has 1 aromatic carbocycles. The molecule has 4 nitrogen and oxygen atoms in total. The summed E-state index contributed by atoms with van der Waals surface area (Å²) in [6.07, 6.45) is 10.1. The highest BCUT2D eigenvalue weighted by atomic mass is 16.6. The van der Waals surface area contributed by atoms with Gasteiger partial charge in [0.2, 0.25) is 0 Å². The topological polar surface area (TPSA) is 58.6 Å². The number of unbranched alkanes of at least 4 members (excludes halogenated alkanes) is 8. The summed E-state index contributed by atoms with van der Waals surface area (Å²) in [6, 6.07) is 7.16. The number of benzene rings is 1. The number of aliphatic hydroxyl groups excluding tert-OH is 1. The van der Waals surface area contributed by atoms with Gasteiger partial charge in [-0.3, -0.25) is 0 Å². The largest absolute Gasteiger partial charge is 0.447 e. The van der Waals surface area contributed by atoms with Crippen LogP contribution in [0.2, 0.25) is 0 Å². The average Bonchev–Trinajstić information content (AvgIpc) is 3.09. The van der Waals surface area contributed by atoms with Crippen molar-refractivity contribution < 1.29 is 14.6 Å². The zero-order valence-corrected chi connectivity index (χ0v) is 15.8. The molecule has 1 amide bonds. The van der Waals surface area contributed by atoms with Gasteiger partial charge in [0.1, 0.15) is 12.7 Å². The van der Waals surface area contributed by atoms with Crippen molar-refractivity contribution in [2.24, 2.45) is 0 Å². The van der Waals surface area contributed by atoms with Crippen molar-refractivity contribution >= 4 is 6.09 Å². The molecule has 0 radical (unpaired) electrons. The van der Waals surface area contributed by atoms with E-state index in [-0.39, 0.29) is 6.61 Å². The van der Waals surface area contributed by atoms with Gasteiger partial charge in [0, 0.05) is 12.0 Å². The first-order chi connectivity index (χ1) is 12.7. The molecule has 0 bridgehead atoms. The normalized spacial score (nSPS) is 17.2. The molecule has 1 fully saturated rings. The highest BCUT2D eigenvalue weighted by Gasteiger charge is 2.29. The van der Waals surface area contributed by atoms with Crippen LogP contribution in [0.15, 0.2) is 24.3 Å². The second-order valence-corrected chi connectivity index (χ2v) is 6.95. The first-order valence-electron chi connectivity index (χ1n) is 9.91. The lowest BCUT2D eigenvalue weighted by molar-refractivity contribution is 0.125. The molecule has 1 aromatic rings. The number of carbonyl (C=O) groups excluding carboxylic acids is 1. The summed E-state index contributed by atoms with van der Waals surface area (Å²) in [5.74, 6) is 6.41. The van der Waals surface area contributed by atoms with Crippen molar-refractivity contribution in [3.8, 4) is 11.8 Å². The van der Waals surface area contributed by atoms with E-state index in [9.17, 15) is 9.90 Å². The number of alkyl carbamates (subject to hydrolysis) is 1. The van der Waals surface area contributed by atoms with Gasteiger partial charge in [-0.2, -0.15) is 0 Å². The average molecular weight is 357 g/mol. The van der Waals surface area contributed by atoms with Gasteiger partial charge in [-0.05, 0) is 24.1 Å². The van der Waals surface area contributed by atoms with E-state index in [2.05, 4.69) is 24.1 Å². The fourth-order valence-corrected chi connectivity index (χ4v) is 3.11. The molecule has 1 aliphatic rings. The second kappa shape index (κ2) is 11.6. The van der Waals surface area contributed by atoms with Crippen LogP contribution in [-0.2, 0) is 4.74 Å². The van der Waals surface area contributed by atoms with Crippen molar-refractivity contribution in [1.82, 2.24) is 5.32 Å². The number of amides is 1. The van der Waals surface area contributed by atoms with E-state index < -0.39 is 18.2 Å². The predicted octanol–water partition coefficient (Wildman–Crippen LogP) is 4.71. The number of hydrogen-bond donors (Lipinski definition) is 2. The highest BCUT2D eigenvalue weighted by molar-refractivity contribution is 5.69. The fourth-order valence-electron chi connectivity index (χ4n) is 3.11. The van der Waals surface area contributed by atoms with Crippen LogP contribution in [0, 0.1) is 11.8 Å². The van der Waals surface area contributed by atoms with Crippen molar-refractivity contribution in [3.63, 3.8) is 0 Å². The smallest absolute Gasteiger partial charge is 0.407 e. The highest BCUT2D eigenvalue weighted by Crippen LogP contribution is 2.20. The van der Waals surface area contributed by atoms with Crippen LogP contribution in [0.4, 0.5) is 4.79 Å². The van der Waals surface area contributed by atoms with Gasteiger partial charge < -0.3 is 15.2 Å². The molecular weight excluding hydrogens is 326 g/mol. The van der Waals surface area contributed by atoms with E-state index in [1.807, 2.05) is 24.3 Å². The second-order valence-electron chi connectivity index (χ2n) is 6.95. The van der Waals surface area contributed by atoms with E-state index in [0.29, 0.717) is 0 Å². The molecule has 1 unspecified atom stereocenters. The molecule has 0 aromatic heterocycles. The standard InChI is InChI=1S/C22H31NO3/c1-2-3-4-5-6-7-8-9-10-11-13-18-14-12-15-19(16-18)21(24)20-17-26-22(25)23-20/h12,14-16,20-21,24H,2-10,17H2,1H3,(H,23,25)/t20-,21?/m1/s1. The van der Waals surface area contributed by atoms with E-state index >= 15 is 0 Å². The molecule has 1 heterocycles. The van der Waals surface area contributed by atoms with E-state index in [1.54, 1.807) is 0 Å². The van der Waals surface area contributed by atoms with Gasteiger partial charge in [-0.1, -0.05) is 75.8 Å². The van der Waals surface area contributed by atoms with Crippen LogP contribution in [-0.4, -0.2) is 23.8 Å². The summed E-state index contributed by atoms with van der Waals surface area (Å²) in [6.45, 7) is 2.43. The third kappa shape index (κ3) is 7.09. The monoisotopic (exact) mass is 357 g/mol. The zero-order chi connectivity index (χ0) is 18.6. The van der Waals surface area contributed by atoms with Crippen LogP contribution in [0.3, 0.4) is 0 Å². The Labute approximate surface area is 157 Å². The van der Waals surface area contributed by atoms with Gasteiger partial charge in [-0.15, -0.1) is 0 Å². The molecule has 2 atom stereocenters. The van der Waals surface area contributed by atoms with E-state index in [4.69, 9.17) is 4.74 Å². The summed E-state index contributed by atoms with van der Waals surface area (Å²) in [7, 11) is 0. The minimum absolute atomic E-state index is 0.189. The van der Waals surface area contributed by atoms with Crippen molar-refractivity contribution in [2.75, 3.05) is 6.61 Å². The lowest BCUT2D eigenvalue weighted by Gasteiger charge is -2.16. The molecule has 0 aliphatic carbocycles. The summed E-state index contributed by atoms with van der Waals surface area (Å²) in [5.41, 5.74) is 1.64. The quantitative estimate of drug-likeness (QED) is 0.471. The minimum atomic E-state index is -0.782. The molecule has 2 rings (SSSR count). The molecule has 26 heavy (non-hydrogen) atoms. The van der Waals surface area contributed by atoms with Crippen LogP contribution in [0.5, 0.6) is 0 Å². The number of nitrogens with one attached hydrogen (secondary N) is 1. The van der Waals surface area contributed by atoms with E-state index in [0.717, 1.165) is 24.0 Å². The Kier molecular flexibility index (Phi) is 9.06. The summed E-state index contributed by atoms with van der Waals surface area (Å²) < 4.78 is 4.84. The first-order valence-corrected chi connectivity index (χ1v) is 9.91. The Balaban J connectivity index is 1.70. The molecule has 4 heteroatoms. The van der Waals surface area contributed by atoms with Crippen molar-refractivity contribution in [1.29, 1.82) is 0 Å². The minimum Gasteiger partial charge on any atom is -0.447 e. The Morgan fingerprint density at radius 3 is 2.62 bits per heavy atom. The van der Waals surface area contributed by atoms with Crippen molar-refractivity contribution in [3.05, 3.63) is 35.4 Å². The van der Waals surface area contributed by atoms with Gasteiger partial charge in [0.25, 0.3) is 0 Å². The first kappa shape index (κ1) is 20.3. The molecule has 2 N–H and O–H groups in total. The SMILES string of the molecule is CCCCCCCCCCC#Cc1cccc(C(O)[C@H]2COC(=O)N2)c1. The Morgan fingerprint density at radius 1 is 1.19 bits per heavy atom.